The van der Waals surface area contributed by atoms with Crippen LogP contribution in [-0.2, 0) is 23.9 Å². The molecule has 1 N–H and O–H groups in total. The van der Waals surface area contributed by atoms with Crippen LogP contribution in [0.4, 0.5) is 13.6 Å². The number of hydrogen-bond donors (Lipinski definition) is 1. The molecule has 5 rings (SSSR count). The van der Waals surface area contributed by atoms with Crippen molar-refractivity contribution in [2.45, 2.75) is 70.3 Å². The van der Waals surface area contributed by atoms with Crippen molar-refractivity contribution in [1.82, 2.24) is 0 Å². The van der Waals surface area contributed by atoms with Crippen molar-refractivity contribution >= 4 is 23.7 Å². The van der Waals surface area contributed by atoms with Crippen molar-refractivity contribution in [2.75, 3.05) is 26.9 Å². The minimum atomic E-state index is -2.25. The van der Waals surface area contributed by atoms with E-state index < -0.39 is 81.9 Å². The molecule has 8 atom stereocenters. The summed E-state index contributed by atoms with van der Waals surface area (Å²) in [5.74, 6) is -3.74. The summed E-state index contributed by atoms with van der Waals surface area (Å²) in [6, 6.07) is 3.87. The standard InChI is InChI=1S/C34H39F2NO12/c1-32-17-29(40)34(36)23(16-25(35)24-15-20(38)10-11-33(24,34)2)21(32)7-8-22(32)26(39)18-47-31(42)49-27-9-6-19(14-28(27)45-3)30(41)46-12-4-5-13-48-37(43)44/h6,9-11,14-15,21-23,25,29,40H,4-5,7-8,12-13,16-18H2,1-3H3/t21?,22?,23?,25-,29?,32?,33?,34-/m0/s1. The van der Waals surface area contributed by atoms with Crippen LogP contribution in [0, 0.1) is 38.7 Å². The minimum Gasteiger partial charge on any atom is -0.493 e. The van der Waals surface area contributed by atoms with E-state index in [2.05, 4.69) is 4.84 Å². The molecule has 6 unspecified atom stereocenters. The summed E-state index contributed by atoms with van der Waals surface area (Å²) >= 11 is 0. The number of hydrogen-bond acceptors (Lipinski definition) is 12. The maximum Gasteiger partial charge on any atom is 0.514 e. The second-order valence-electron chi connectivity index (χ2n) is 13.5. The van der Waals surface area contributed by atoms with E-state index in [1.165, 1.54) is 44.4 Å². The number of rotatable bonds is 12. The molecule has 0 heterocycles. The largest absolute Gasteiger partial charge is 0.514 e. The average Bonchev–Trinajstić information content (AvgIpc) is 3.40. The van der Waals surface area contributed by atoms with E-state index in [1.807, 2.05) is 0 Å². The summed E-state index contributed by atoms with van der Waals surface area (Å²) < 4.78 is 53.5. The van der Waals surface area contributed by atoms with Crippen LogP contribution < -0.4 is 9.47 Å². The lowest BCUT2D eigenvalue weighted by atomic mass is 9.45. The van der Waals surface area contributed by atoms with E-state index in [0.29, 0.717) is 25.7 Å². The third-order valence-corrected chi connectivity index (χ3v) is 10.9. The number of Topliss-reactive ketones (excluding diaryl/α,β-unsaturated/α-hetero) is 1. The number of carbonyl (C=O) groups is 4. The summed E-state index contributed by atoms with van der Waals surface area (Å²) in [4.78, 5) is 64.8. The van der Waals surface area contributed by atoms with Crippen LogP contribution >= 0.6 is 0 Å². The van der Waals surface area contributed by atoms with Gasteiger partial charge in [0.2, 0.25) is 0 Å². The number of nitrogens with zero attached hydrogens (tertiary/aromatic N) is 1. The SMILES string of the molecule is COc1cc(C(=O)OCCCCO[N+](=O)[O-])ccc1OC(=O)OCC(=O)C1CCC2C3C[C@H](F)C4=CC(=O)C=CC4(C)[C@@]3(F)C(O)CC12C. The smallest absolute Gasteiger partial charge is 0.493 e. The second-order valence-corrected chi connectivity index (χ2v) is 13.5. The zero-order chi connectivity index (χ0) is 35.7. The number of ketones is 2. The minimum absolute atomic E-state index is 0.00308. The van der Waals surface area contributed by atoms with Gasteiger partial charge in [-0.25, -0.2) is 18.4 Å². The van der Waals surface area contributed by atoms with E-state index in [9.17, 15) is 34.4 Å². The molecule has 1 aromatic carbocycles. The molecule has 0 spiro atoms. The Kier molecular flexibility index (Phi) is 10.1. The number of aliphatic hydroxyl groups is 1. The van der Waals surface area contributed by atoms with Crippen LogP contribution in [-0.4, -0.2) is 78.8 Å². The number of aliphatic hydroxyl groups excluding tert-OH is 1. The van der Waals surface area contributed by atoms with Gasteiger partial charge in [-0.2, -0.15) is 0 Å². The zero-order valence-corrected chi connectivity index (χ0v) is 27.4. The second kappa shape index (κ2) is 13.8. The highest BCUT2D eigenvalue weighted by atomic mass is 19.1. The van der Waals surface area contributed by atoms with Gasteiger partial charge in [0.15, 0.2) is 35.3 Å². The summed E-state index contributed by atoms with van der Waals surface area (Å²) in [6.45, 7) is 2.51. The van der Waals surface area contributed by atoms with Crippen molar-refractivity contribution in [2.24, 2.45) is 28.6 Å². The summed E-state index contributed by atoms with van der Waals surface area (Å²) in [5.41, 5.74) is -4.55. The van der Waals surface area contributed by atoms with E-state index in [0.717, 1.165) is 6.08 Å². The number of halogens is 2. The fourth-order valence-corrected chi connectivity index (χ4v) is 8.55. The Morgan fingerprint density at radius 3 is 2.53 bits per heavy atom. The lowest BCUT2D eigenvalue weighted by Gasteiger charge is -2.62. The van der Waals surface area contributed by atoms with Crippen LogP contribution in [0.3, 0.4) is 0 Å². The van der Waals surface area contributed by atoms with Crippen LogP contribution in [0.25, 0.3) is 0 Å². The highest BCUT2D eigenvalue weighted by Crippen LogP contribution is 2.69. The molecular formula is C34H39F2NO12. The third-order valence-electron chi connectivity index (χ3n) is 10.9. The maximum absolute atomic E-state index is 17.2. The number of carbonyl (C=O) groups excluding carboxylic acids is 4. The fraction of sp³-hybridized carbons (Fsp3) is 0.588. The van der Waals surface area contributed by atoms with Crippen LogP contribution in [0.5, 0.6) is 11.5 Å². The van der Waals surface area contributed by atoms with Crippen molar-refractivity contribution in [1.29, 1.82) is 0 Å². The molecule has 0 aliphatic heterocycles. The first kappa shape index (κ1) is 35.9. The monoisotopic (exact) mass is 691 g/mol. The van der Waals surface area contributed by atoms with Gasteiger partial charge in [0.25, 0.3) is 5.09 Å². The van der Waals surface area contributed by atoms with Gasteiger partial charge in [-0.1, -0.05) is 13.0 Å². The van der Waals surface area contributed by atoms with E-state index in [4.69, 9.17) is 18.9 Å². The predicted octanol–water partition coefficient (Wildman–Crippen LogP) is 4.86. The highest BCUT2D eigenvalue weighted by molar-refractivity contribution is 6.01. The molecule has 1 aromatic rings. The van der Waals surface area contributed by atoms with Gasteiger partial charge in [0.1, 0.15) is 6.17 Å². The summed E-state index contributed by atoms with van der Waals surface area (Å²) in [7, 11) is 1.28. The van der Waals surface area contributed by atoms with Crippen LogP contribution in [0.2, 0.25) is 0 Å². The van der Waals surface area contributed by atoms with Crippen molar-refractivity contribution < 1.29 is 61.9 Å². The molecule has 0 amide bonds. The number of ether oxygens (including phenoxy) is 4. The van der Waals surface area contributed by atoms with Gasteiger partial charge in [-0.3, -0.25) is 9.59 Å². The van der Waals surface area contributed by atoms with Gasteiger partial charge in [-0.15, -0.1) is 10.1 Å². The average molecular weight is 692 g/mol. The molecule has 49 heavy (non-hydrogen) atoms. The Morgan fingerprint density at radius 2 is 1.82 bits per heavy atom. The molecule has 13 nitrogen and oxygen atoms in total. The van der Waals surface area contributed by atoms with Crippen molar-refractivity contribution in [3.05, 3.63) is 57.7 Å². The molecule has 266 valence electrons. The predicted molar refractivity (Wildman–Crippen MR) is 165 cm³/mol. The summed E-state index contributed by atoms with van der Waals surface area (Å²) in [6.07, 6.45) is 0.441. The molecule has 4 aliphatic rings. The number of allylic oxidation sites excluding steroid dienone is 4. The van der Waals surface area contributed by atoms with Crippen LogP contribution in [0.1, 0.15) is 62.7 Å². The number of esters is 1. The van der Waals surface area contributed by atoms with Gasteiger partial charge in [0, 0.05) is 17.3 Å². The van der Waals surface area contributed by atoms with E-state index in [-0.39, 0.29) is 48.7 Å². The third kappa shape index (κ3) is 6.52. The fourth-order valence-electron chi connectivity index (χ4n) is 8.55. The topological polar surface area (TPSA) is 178 Å². The number of alkyl halides is 2. The Balaban J connectivity index is 1.18. The maximum atomic E-state index is 17.2. The highest BCUT2D eigenvalue weighted by Gasteiger charge is 2.72. The molecule has 0 aromatic heterocycles. The normalized spacial score (nSPS) is 32.9. The number of fused-ring (bicyclic) bond motifs is 5. The van der Waals surface area contributed by atoms with Crippen molar-refractivity contribution in [3.63, 3.8) is 0 Å². The Morgan fingerprint density at radius 1 is 1.08 bits per heavy atom. The van der Waals surface area contributed by atoms with Gasteiger partial charge >= 0.3 is 12.1 Å². The lowest BCUT2D eigenvalue weighted by molar-refractivity contribution is -0.757. The number of benzene rings is 1. The number of unbranched alkanes of at least 4 members (excludes halogenated alkanes) is 1. The van der Waals surface area contributed by atoms with Gasteiger partial charge in [-0.05, 0) is 92.7 Å². The van der Waals surface area contributed by atoms with E-state index >= 15 is 8.78 Å². The summed E-state index contributed by atoms with van der Waals surface area (Å²) in [5, 5.41) is 20.6. The molecule has 3 saturated carbocycles. The first-order valence-electron chi connectivity index (χ1n) is 16.1. The Bertz CT molecular complexity index is 1580. The molecular weight excluding hydrogens is 652 g/mol. The molecule has 4 aliphatic carbocycles. The molecule has 0 bridgehead atoms. The quantitative estimate of drug-likeness (QED) is 0.104. The molecule has 3 fully saturated rings. The first-order chi connectivity index (χ1) is 23.1. The van der Waals surface area contributed by atoms with Crippen molar-refractivity contribution in [3.8, 4) is 11.5 Å². The van der Waals surface area contributed by atoms with Crippen LogP contribution in [0.15, 0.2) is 42.0 Å². The number of methoxy groups -OCH3 is 1. The molecule has 0 saturated heterocycles. The first-order valence-corrected chi connectivity index (χ1v) is 16.1. The van der Waals surface area contributed by atoms with Gasteiger partial charge in [0.05, 0.1) is 32.0 Å². The Labute approximate surface area is 280 Å². The zero-order valence-electron chi connectivity index (χ0n) is 27.4. The lowest BCUT2D eigenvalue weighted by Crippen LogP contribution is -2.68. The molecule has 15 heteroatoms. The van der Waals surface area contributed by atoms with Gasteiger partial charge < -0.3 is 28.9 Å². The Hall–Kier alpha value is -4.40. The molecule has 0 radical (unpaired) electrons. The van der Waals surface area contributed by atoms with E-state index in [1.54, 1.807) is 6.92 Å².